The molecular formula is C61H61N. The fourth-order valence-electron chi connectivity index (χ4n) is 7.97. The fourth-order valence-corrected chi connectivity index (χ4v) is 7.97. The Balaban J connectivity index is 0.00000316. The van der Waals surface area contributed by atoms with Crippen LogP contribution >= 0.6 is 0 Å². The maximum absolute atomic E-state index is 5.51. The van der Waals surface area contributed by atoms with Crippen molar-refractivity contribution in [2.75, 3.05) is 0 Å². The van der Waals surface area contributed by atoms with Crippen LogP contribution in [-0.2, 0) is 19.3 Å². The van der Waals surface area contributed by atoms with Gasteiger partial charge in [0.15, 0.2) is 0 Å². The highest BCUT2D eigenvalue weighted by Crippen LogP contribution is 2.42. The zero-order valence-corrected chi connectivity index (χ0v) is 37.4. The monoisotopic (exact) mass is 807 g/mol. The lowest BCUT2D eigenvalue weighted by Crippen LogP contribution is -2.16. The minimum atomic E-state index is 0.757. The van der Waals surface area contributed by atoms with Crippen LogP contribution in [0.2, 0.25) is 0 Å². The Labute approximate surface area is 372 Å². The Morgan fingerprint density at radius 2 is 1.26 bits per heavy atom. The first-order valence-electron chi connectivity index (χ1n) is 22.6. The van der Waals surface area contributed by atoms with Crippen molar-refractivity contribution in [2.45, 2.75) is 79.6 Å². The first kappa shape index (κ1) is 44.8. The first-order valence-corrected chi connectivity index (χ1v) is 22.6. The van der Waals surface area contributed by atoms with Crippen LogP contribution in [-0.4, -0.2) is 5.71 Å². The van der Waals surface area contributed by atoms with Crippen LogP contribution in [0.1, 0.15) is 99.2 Å². The lowest BCUT2D eigenvalue weighted by Gasteiger charge is -2.26. The summed E-state index contributed by atoms with van der Waals surface area (Å²) in [6, 6.07) is 51.3. The zero-order valence-electron chi connectivity index (χ0n) is 37.4. The second-order valence-corrected chi connectivity index (χ2v) is 15.3. The average molecular weight is 808 g/mol. The minimum absolute atomic E-state index is 0.757. The topological polar surface area (TPSA) is 12.4 Å². The van der Waals surface area contributed by atoms with E-state index in [-0.39, 0.29) is 0 Å². The molecule has 0 fully saturated rings. The number of aliphatic imine (C=N–C) groups is 1. The molecule has 0 saturated heterocycles. The highest BCUT2D eigenvalue weighted by molar-refractivity contribution is 6.43. The van der Waals surface area contributed by atoms with Gasteiger partial charge in [0, 0.05) is 23.1 Å². The van der Waals surface area contributed by atoms with Gasteiger partial charge < -0.3 is 0 Å². The number of hydrogen-bond donors (Lipinski definition) is 0. The Morgan fingerprint density at radius 3 is 2.03 bits per heavy atom. The molecule has 0 aliphatic carbocycles. The Hall–Kier alpha value is -6.75. The Morgan fingerprint density at radius 1 is 0.565 bits per heavy atom. The SMILES string of the molecule is C#CCC/C=C\Cc1cccc(C2=C(c3cccc(-c4ccccc4)c3)N=C2c2cc(-c3ccc(/C=C/CCC)cc3)cc(-c3cccc(C/C=C\C=C/C)c3CC)c2)c1.CC. The number of hydrogen-bond acceptors (Lipinski definition) is 1. The van der Waals surface area contributed by atoms with Gasteiger partial charge in [-0.3, -0.25) is 0 Å². The summed E-state index contributed by atoms with van der Waals surface area (Å²) in [6.45, 7) is 10.5. The molecule has 1 aliphatic rings. The molecule has 7 rings (SSSR count). The predicted molar refractivity (Wildman–Crippen MR) is 272 cm³/mol. The van der Waals surface area contributed by atoms with Gasteiger partial charge in [0.2, 0.25) is 0 Å². The normalized spacial score (nSPS) is 12.5. The number of nitrogens with zero attached hydrogens (tertiary/aromatic N) is 1. The van der Waals surface area contributed by atoms with Crippen molar-refractivity contribution in [3.63, 3.8) is 0 Å². The molecule has 62 heavy (non-hydrogen) atoms. The predicted octanol–water partition coefficient (Wildman–Crippen LogP) is 16.6. The summed E-state index contributed by atoms with van der Waals surface area (Å²) >= 11 is 0. The summed E-state index contributed by atoms with van der Waals surface area (Å²) in [5, 5.41) is 0. The molecule has 0 atom stereocenters. The standard InChI is InChI=1S/C59H55N.C2H6/c1-5-9-12-14-17-25-45-26-21-32-50(39-45)57-58(51-33-22-31-49(40-51)46-27-19-15-20-28-46)60-59(57)54-42-52(47-37-35-44(36-38-47)24-16-11-7-3)41-53(43-54)56-34-23-30-48(55(56)8-4)29-18-13-10-6-2;1-2/h1,6,10,13-24,26-28,30-43H,7-9,11-12,25,29H2,2-4H3;1-2H3/b10-6-,17-14-,18-13-,24-16+;. The molecule has 0 aromatic heterocycles. The smallest absolute Gasteiger partial charge is 0.0810 e. The maximum Gasteiger partial charge on any atom is 0.0810 e. The molecule has 0 spiro atoms. The number of rotatable bonds is 17. The van der Waals surface area contributed by atoms with Gasteiger partial charge in [-0.25, -0.2) is 4.99 Å². The van der Waals surface area contributed by atoms with Crippen molar-refractivity contribution in [3.05, 3.63) is 221 Å². The van der Waals surface area contributed by atoms with Crippen LogP contribution in [0.25, 0.3) is 50.7 Å². The Kier molecular flexibility index (Phi) is 16.8. The van der Waals surface area contributed by atoms with Crippen LogP contribution in [0.3, 0.4) is 0 Å². The molecule has 0 unspecified atom stereocenters. The molecule has 6 aromatic rings. The summed E-state index contributed by atoms with van der Waals surface area (Å²) < 4.78 is 0. The van der Waals surface area contributed by atoms with Gasteiger partial charge in [-0.05, 0) is 124 Å². The second kappa shape index (κ2) is 23.3. The Bertz CT molecular complexity index is 2630. The lowest BCUT2D eigenvalue weighted by atomic mass is 9.83. The van der Waals surface area contributed by atoms with Gasteiger partial charge >= 0.3 is 0 Å². The van der Waals surface area contributed by atoms with Crippen molar-refractivity contribution in [1.29, 1.82) is 0 Å². The van der Waals surface area contributed by atoms with Crippen molar-refractivity contribution >= 4 is 23.1 Å². The average Bonchev–Trinajstić information content (AvgIpc) is 3.31. The van der Waals surface area contributed by atoms with E-state index in [2.05, 4.69) is 215 Å². The van der Waals surface area contributed by atoms with Crippen LogP contribution in [0.5, 0.6) is 0 Å². The highest BCUT2D eigenvalue weighted by atomic mass is 14.8. The van der Waals surface area contributed by atoms with Crippen molar-refractivity contribution < 1.29 is 0 Å². The van der Waals surface area contributed by atoms with E-state index in [1.165, 1.54) is 66.8 Å². The van der Waals surface area contributed by atoms with E-state index in [1.807, 2.05) is 13.8 Å². The van der Waals surface area contributed by atoms with Crippen molar-refractivity contribution in [2.24, 2.45) is 4.99 Å². The molecule has 6 aromatic carbocycles. The molecule has 1 aliphatic heterocycles. The summed E-state index contributed by atoms with van der Waals surface area (Å²) in [5.41, 5.74) is 19.1. The van der Waals surface area contributed by atoms with E-state index >= 15 is 0 Å². The van der Waals surface area contributed by atoms with E-state index in [9.17, 15) is 0 Å². The highest BCUT2D eigenvalue weighted by Gasteiger charge is 2.28. The van der Waals surface area contributed by atoms with Gasteiger partial charge in [-0.15, -0.1) is 12.3 Å². The number of terminal acetylenes is 1. The van der Waals surface area contributed by atoms with Gasteiger partial charge in [0.1, 0.15) is 0 Å². The molecule has 0 N–H and O–H groups in total. The molecule has 1 heterocycles. The van der Waals surface area contributed by atoms with E-state index in [4.69, 9.17) is 11.4 Å². The molecule has 310 valence electrons. The zero-order chi connectivity index (χ0) is 43.5. The molecule has 1 nitrogen and oxygen atoms in total. The second-order valence-electron chi connectivity index (χ2n) is 15.3. The van der Waals surface area contributed by atoms with Crippen LogP contribution in [0, 0.1) is 12.3 Å². The van der Waals surface area contributed by atoms with Crippen LogP contribution < -0.4 is 0 Å². The summed E-state index contributed by atoms with van der Waals surface area (Å²) in [7, 11) is 0. The number of unbranched alkanes of at least 4 members (excludes halogenated alkanes) is 2. The van der Waals surface area contributed by atoms with E-state index in [0.29, 0.717) is 0 Å². The van der Waals surface area contributed by atoms with E-state index in [0.717, 1.165) is 67.5 Å². The van der Waals surface area contributed by atoms with Gasteiger partial charge in [-0.1, -0.05) is 198 Å². The van der Waals surface area contributed by atoms with Crippen molar-refractivity contribution in [3.8, 4) is 45.7 Å². The van der Waals surface area contributed by atoms with Crippen molar-refractivity contribution in [1.82, 2.24) is 0 Å². The molecular weight excluding hydrogens is 747 g/mol. The lowest BCUT2D eigenvalue weighted by molar-refractivity contribution is 0.962. The fraction of sp³-hybridized carbons (Fsp3) is 0.197. The van der Waals surface area contributed by atoms with Crippen LogP contribution in [0.4, 0.5) is 0 Å². The third kappa shape index (κ3) is 11.3. The minimum Gasteiger partial charge on any atom is -0.246 e. The third-order valence-electron chi connectivity index (χ3n) is 11.1. The maximum atomic E-state index is 5.51. The van der Waals surface area contributed by atoms with E-state index in [1.54, 1.807) is 0 Å². The first-order chi connectivity index (χ1) is 30.6. The quantitative estimate of drug-likeness (QED) is 0.0377. The van der Waals surface area contributed by atoms with Gasteiger partial charge in [0.05, 0.1) is 11.4 Å². The summed E-state index contributed by atoms with van der Waals surface area (Å²) in [5.74, 6) is 2.74. The molecule has 0 radical (unpaired) electrons. The van der Waals surface area contributed by atoms with Crippen LogP contribution in [0.15, 0.2) is 187 Å². The molecule has 0 saturated carbocycles. The van der Waals surface area contributed by atoms with Gasteiger partial charge in [0.25, 0.3) is 0 Å². The molecule has 0 amide bonds. The third-order valence-corrected chi connectivity index (χ3v) is 11.1. The molecule has 0 bridgehead atoms. The number of benzene rings is 6. The molecule has 1 heteroatoms. The van der Waals surface area contributed by atoms with E-state index < -0.39 is 0 Å². The summed E-state index contributed by atoms with van der Waals surface area (Å²) in [6.07, 6.45) is 29.6. The summed E-state index contributed by atoms with van der Waals surface area (Å²) in [4.78, 5) is 5.46. The van der Waals surface area contributed by atoms with Gasteiger partial charge in [-0.2, -0.15) is 0 Å². The number of allylic oxidation sites excluding steroid dienone is 8. The largest absolute Gasteiger partial charge is 0.246 e.